The molecule has 0 aromatic heterocycles. The van der Waals surface area contributed by atoms with E-state index in [4.69, 9.17) is 0 Å². The zero-order chi connectivity index (χ0) is 46.0. The second-order valence-electron chi connectivity index (χ2n) is 19.6. The van der Waals surface area contributed by atoms with Gasteiger partial charge in [-0.05, 0) is 94.1 Å². The lowest BCUT2D eigenvalue weighted by Gasteiger charge is -2.38. The van der Waals surface area contributed by atoms with Crippen LogP contribution in [0.2, 0.25) is 0 Å². The fourth-order valence-corrected chi connectivity index (χ4v) is 9.14. The van der Waals surface area contributed by atoms with Crippen LogP contribution >= 0.6 is 0 Å². The first-order chi connectivity index (χ1) is 31.1. The molecule has 2 atom stereocenters. The summed E-state index contributed by atoms with van der Waals surface area (Å²) in [6.07, 6.45) is 84.3. The van der Waals surface area contributed by atoms with Crippen LogP contribution in [-0.4, -0.2) is 0 Å². The van der Waals surface area contributed by atoms with Crippen LogP contribution in [0.1, 0.15) is 305 Å². The predicted molar refractivity (Wildman–Crippen MR) is 292 cm³/mol. The maximum absolute atomic E-state index is 2.76. The molecule has 0 amide bonds. The summed E-state index contributed by atoms with van der Waals surface area (Å²) in [6, 6.07) is 0. The third-order valence-electron chi connectivity index (χ3n) is 13.4. The Morgan fingerprint density at radius 1 is 0.302 bits per heavy atom. The van der Waals surface area contributed by atoms with Crippen molar-refractivity contribution in [2.75, 3.05) is 0 Å². The first-order valence-electron chi connectivity index (χ1n) is 28.9. The van der Waals surface area contributed by atoms with Gasteiger partial charge < -0.3 is 0 Å². The van der Waals surface area contributed by atoms with Crippen LogP contribution < -0.4 is 0 Å². The largest absolute Gasteiger partial charge is 0.0882 e. The Hall–Kier alpha value is -1.82. The summed E-state index contributed by atoms with van der Waals surface area (Å²) in [5.74, 6) is 0.428. The molecular formula is C63H114. The van der Waals surface area contributed by atoms with Gasteiger partial charge in [0.1, 0.15) is 0 Å². The van der Waals surface area contributed by atoms with E-state index in [1.807, 2.05) is 0 Å². The molecule has 0 fully saturated rings. The van der Waals surface area contributed by atoms with E-state index in [1.54, 1.807) is 5.57 Å². The summed E-state index contributed by atoms with van der Waals surface area (Å²) in [7, 11) is 0. The zero-order valence-electron chi connectivity index (χ0n) is 44.3. The molecule has 0 rings (SSSR count). The standard InChI is InChI=1S/C63H114/c1-8-15-22-29-34-36-39-41-47-54-60(53-46-40-38-35-30-23-16-9-2)62(57-50-43-37-31-24-17-10-3)63(58-51-44-27-20-13-6,59-52-45-33-26-19-12-5)61(55-48-28-21-14-7)56-49-42-32-25-18-11-4/h46-48,50-55,57-59,61H,8-45,49,56H2,1-7H3. The van der Waals surface area contributed by atoms with Crippen LogP contribution in [0.25, 0.3) is 0 Å². The highest BCUT2D eigenvalue weighted by molar-refractivity contribution is 5.50. The Morgan fingerprint density at radius 3 is 1.03 bits per heavy atom. The van der Waals surface area contributed by atoms with Crippen molar-refractivity contribution in [2.24, 2.45) is 11.3 Å². The van der Waals surface area contributed by atoms with Gasteiger partial charge in [-0.1, -0.05) is 301 Å². The van der Waals surface area contributed by atoms with Crippen molar-refractivity contribution in [3.8, 4) is 0 Å². The molecule has 0 heterocycles. The Bertz CT molecular complexity index is 1140. The summed E-state index contributed by atoms with van der Waals surface area (Å²) in [5, 5.41) is 0. The van der Waals surface area contributed by atoms with Crippen LogP contribution in [0.4, 0.5) is 0 Å². The monoisotopic (exact) mass is 871 g/mol. The zero-order valence-corrected chi connectivity index (χ0v) is 44.3. The summed E-state index contributed by atoms with van der Waals surface area (Å²) in [5.41, 5.74) is 2.83. The molecule has 0 N–H and O–H groups in total. The second kappa shape index (κ2) is 49.6. The molecular weight excluding hydrogens is 757 g/mol. The van der Waals surface area contributed by atoms with Crippen LogP contribution in [0.3, 0.4) is 0 Å². The molecule has 63 heavy (non-hydrogen) atoms. The highest BCUT2D eigenvalue weighted by Gasteiger charge is 2.36. The van der Waals surface area contributed by atoms with Gasteiger partial charge in [0.15, 0.2) is 0 Å². The third-order valence-corrected chi connectivity index (χ3v) is 13.4. The maximum atomic E-state index is 2.76. The molecule has 2 unspecified atom stereocenters. The molecule has 0 bridgehead atoms. The molecule has 0 heteroatoms. The minimum absolute atomic E-state index is 0.189. The first-order valence-corrected chi connectivity index (χ1v) is 28.9. The molecule has 0 saturated carbocycles. The molecule has 0 aliphatic heterocycles. The van der Waals surface area contributed by atoms with Gasteiger partial charge in [0.25, 0.3) is 0 Å². The molecule has 0 spiro atoms. The topological polar surface area (TPSA) is 0 Å². The lowest BCUT2D eigenvalue weighted by Crippen LogP contribution is -2.29. The van der Waals surface area contributed by atoms with E-state index in [9.17, 15) is 0 Å². The third kappa shape index (κ3) is 36.0. The van der Waals surface area contributed by atoms with E-state index < -0.39 is 0 Å². The lowest BCUT2D eigenvalue weighted by molar-refractivity contribution is 0.379. The van der Waals surface area contributed by atoms with Crippen molar-refractivity contribution >= 4 is 0 Å². The molecule has 0 nitrogen and oxygen atoms in total. The average Bonchev–Trinajstić information content (AvgIpc) is 3.29. The van der Waals surface area contributed by atoms with E-state index in [1.165, 1.54) is 262 Å². The van der Waals surface area contributed by atoms with Crippen molar-refractivity contribution < 1.29 is 0 Å². The minimum atomic E-state index is -0.189. The van der Waals surface area contributed by atoms with Crippen molar-refractivity contribution in [1.82, 2.24) is 0 Å². The average molecular weight is 872 g/mol. The maximum Gasteiger partial charge on any atom is 0.0380 e. The highest BCUT2D eigenvalue weighted by atomic mass is 14.4. The summed E-state index contributed by atoms with van der Waals surface area (Å²) >= 11 is 0. The number of unbranched alkanes of at least 4 members (excludes halogenated alkanes) is 32. The van der Waals surface area contributed by atoms with Gasteiger partial charge in [-0.25, -0.2) is 0 Å². The number of rotatable bonds is 48. The highest BCUT2D eigenvalue weighted by Crippen LogP contribution is 2.46. The van der Waals surface area contributed by atoms with Crippen LogP contribution in [0.15, 0.2) is 84.1 Å². The van der Waals surface area contributed by atoms with Gasteiger partial charge in [0.05, 0.1) is 0 Å². The van der Waals surface area contributed by atoms with Gasteiger partial charge in [-0.15, -0.1) is 0 Å². The van der Waals surface area contributed by atoms with Gasteiger partial charge in [-0.3, -0.25) is 0 Å². The lowest BCUT2D eigenvalue weighted by atomic mass is 9.65. The Balaban J connectivity index is 7.85. The molecule has 0 aliphatic carbocycles. The predicted octanol–water partition coefficient (Wildman–Crippen LogP) is 23.0. The van der Waals surface area contributed by atoms with Crippen LogP contribution in [-0.2, 0) is 0 Å². The van der Waals surface area contributed by atoms with E-state index in [0.29, 0.717) is 5.92 Å². The first kappa shape index (κ1) is 61.2. The summed E-state index contributed by atoms with van der Waals surface area (Å²) in [6.45, 7) is 16.4. The van der Waals surface area contributed by atoms with Gasteiger partial charge in [0.2, 0.25) is 0 Å². The van der Waals surface area contributed by atoms with Crippen LogP contribution in [0, 0.1) is 11.3 Å². The van der Waals surface area contributed by atoms with Gasteiger partial charge in [0, 0.05) is 5.41 Å². The second-order valence-corrected chi connectivity index (χ2v) is 19.6. The molecule has 0 aromatic carbocycles. The van der Waals surface area contributed by atoms with Gasteiger partial charge in [-0.2, -0.15) is 0 Å². The minimum Gasteiger partial charge on any atom is -0.0882 e. The van der Waals surface area contributed by atoms with Crippen molar-refractivity contribution in [3.05, 3.63) is 84.1 Å². The fourth-order valence-electron chi connectivity index (χ4n) is 9.14. The quantitative estimate of drug-likeness (QED) is 0.0325. The SMILES string of the molecule is CCCCC=CC(CCCCCCCC)C(C=CCCCCC)(C=CCCCCCC)C(C=CCCCCCCC)=C(C=CCCCCCCCC)C=CCCCCCCCCC. The number of hydrogen-bond donors (Lipinski definition) is 0. The molecule has 0 radical (unpaired) electrons. The molecule has 0 aromatic rings. The smallest absolute Gasteiger partial charge is 0.0380 e. The normalized spacial score (nSPS) is 14.5. The van der Waals surface area contributed by atoms with E-state index in [0.717, 1.165) is 0 Å². The van der Waals surface area contributed by atoms with Crippen molar-refractivity contribution in [1.29, 1.82) is 0 Å². The Morgan fingerprint density at radius 2 is 0.603 bits per heavy atom. The molecule has 366 valence electrons. The Labute approximate surface area is 399 Å². The van der Waals surface area contributed by atoms with E-state index >= 15 is 0 Å². The number of hydrogen-bond acceptors (Lipinski definition) is 0. The van der Waals surface area contributed by atoms with E-state index in [2.05, 4.69) is 121 Å². The molecule has 0 saturated heterocycles. The van der Waals surface area contributed by atoms with Crippen LogP contribution in [0.5, 0.6) is 0 Å². The Kier molecular flexibility index (Phi) is 48.2. The van der Waals surface area contributed by atoms with Crippen molar-refractivity contribution in [2.45, 2.75) is 305 Å². The van der Waals surface area contributed by atoms with Gasteiger partial charge >= 0.3 is 0 Å². The van der Waals surface area contributed by atoms with E-state index in [-0.39, 0.29) is 5.41 Å². The summed E-state index contributed by atoms with van der Waals surface area (Å²) in [4.78, 5) is 0. The number of allylic oxidation sites excluding steroid dienone is 14. The summed E-state index contributed by atoms with van der Waals surface area (Å²) < 4.78 is 0. The van der Waals surface area contributed by atoms with Crippen molar-refractivity contribution in [3.63, 3.8) is 0 Å². The molecule has 0 aliphatic rings. The fraction of sp³-hybridized carbons (Fsp3) is 0.778.